The molecule has 248 valence electrons. The van der Waals surface area contributed by atoms with Crippen LogP contribution in [0.5, 0.6) is 0 Å². The largest absolute Gasteiger partial charge is 0.456 e. The number of aryl methyl sites for hydroxylation is 4. The lowest BCUT2D eigenvalue weighted by molar-refractivity contribution is 0.669. The maximum Gasteiger partial charge on any atom is 0.136 e. The van der Waals surface area contributed by atoms with E-state index < -0.39 is 0 Å². The van der Waals surface area contributed by atoms with Gasteiger partial charge in [0.05, 0.1) is 0 Å². The van der Waals surface area contributed by atoms with E-state index in [2.05, 4.69) is 159 Å². The van der Waals surface area contributed by atoms with Crippen molar-refractivity contribution in [3.05, 3.63) is 154 Å². The van der Waals surface area contributed by atoms with Crippen molar-refractivity contribution in [3.8, 4) is 33.4 Å². The van der Waals surface area contributed by atoms with Crippen LogP contribution in [0.2, 0.25) is 0 Å². The summed E-state index contributed by atoms with van der Waals surface area (Å²) in [6, 6.07) is 39.9. The van der Waals surface area contributed by atoms with E-state index in [9.17, 15) is 0 Å². The van der Waals surface area contributed by atoms with Gasteiger partial charge < -0.3 is 4.42 Å². The summed E-state index contributed by atoms with van der Waals surface area (Å²) in [5.41, 5.74) is 20.4. The van der Waals surface area contributed by atoms with Gasteiger partial charge in [-0.1, -0.05) is 91.0 Å². The van der Waals surface area contributed by atoms with Crippen molar-refractivity contribution in [1.82, 2.24) is 0 Å². The molecule has 0 saturated heterocycles. The molecule has 51 heavy (non-hydrogen) atoms. The molecule has 9 rings (SSSR count). The summed E-state index contributed by atoms with van der Waals surface area (Å²) in [5, 5.41) is 10.4. The highest BCUT2D eigenvalue weighted by molar-refractivity contribution is 6.25. The number of rotatable bonds is 3. The Hall–Kier alpha value is -5.66. The minimum absolute atomic E-state index is 0.924. The summed E-state index contributed by atoms with van der Waals surface area (Å²) >= 11 is 0. The standard InChI is InChI=1S/C50H42O/c1-27-29(3)33(7)46-44(31(27)5)48(37-23-21-36(22-24-37)40-17-13-19-43-50(40)41-16-11-12-18-42(41)51-43)45-32(6)28(2)30(4)34(8)47(45)49(46)39-25-20-35-14-9-10-15-38(35)26-39/h9-26H,1-8H3. The second kappa shape index (κ2) is 11.4. The Morgan fingerprint density at radius 3 is 1.41 bits per heavy atom. The molecule has 0 aliphatic heterocycles. The highest BCUT2D eigenvalue weighted by atomic mass is 16.3. The minimum atomic E-state index is 0.924. The van der Waals surface area contributed by atoms with E-state index in [0.717, 1.165) is 16.6 Å². The van der Waals surface area contributed by atoms with Crippen LogP contribution in [0.4, 0.5) is 0 Å². The van der Waals surface area contributed by atoms with Gasteiger partial charge in [0.1, 0.15) is 11.2 Å². The number of furan rings is 1. The van der Waals surface area contributed by atoms with E-state index in [1.54, 1.807) is 0 Å². The van der Waals surface area contributed by atoms with Crippen molar-refractivity contribution in [2.75, 3.05) is 0 Å². The fourth-order valence-corrected chi connectivity index (χ4v) is 8.88. The molecule has 0 bridgehead atoms. The average Bonchev–Trinajstić information content (AvgIpc) is 3.55. The average molecular weight is 659 g/mol. The molecule has 0 radical (unpaired) electrons. The van der Waals surface area contributed by atoms with Crippen LogP contribution in [0.3, 0.4) is 0 Å². The smallest absolute Gasteiger partial charge is 0.136 e. The quantitative estimate of drug-likeness (QED) is 0.172. The zero-order chi connectivity index (χ0) is 35.3. The van der Waals surface area contributed by atoms with Crippen LogP contribution in [-0.4, -0.2) is 0 Å². The van der Waals surface area contributed by atoms with Crippen LogP contribution in [0.15, 0.2) is 114 Å². The predicted octanol–water partition coefficient (Wildman–Crippen LogP) is 14.5. The molecular formula is C50H42O. The van der Waals surface area contributed by atoms with Gasteiger partial charge >= 0.3 is 0 Å². The van der Waals surface area contributed by atoms with E-state index in [1.807, 2.05) is 6.07 Å². The summed E-state index contributed by atoms with van der Waals surface area (Å²) in [6.07, 6.45) is 0. The van der Waals surface area contributed by atoms with Crippen LogP contribution >= 0.6 is 0 Å². The van der Waals surface area contributed by atoms with Gasteiger partial charge in [0.25, 0.3) is 0 Å². The third kappa shape index (κ3) is 4.47. The summed E-state index contributed by atoms with van der Waals surface area (Å²) < 4.78 is 6.27. The molecule has 0 spiro atoms. The molecule has 0 aliphatic rings. The number of fused-ring (bicyclic) bond motifs is 6. The maximum atomic E-state index is 6.27. The topological polar surface area (TPSA) is 13.1 Å². The van der Waals surface area contributed by atoms with Crippen molar-refractivity contribution in [2.45, 2.75) is 55.4 Å². The van der Waals surface area contributed by atoms with Gasteiger partial charge in [0, 0.05) is 10.8 Å². The molecule has 9 aromatic rings. The third-order valence-corrected chi connectivity index (χ3v) is 12.3. The normalized spacial score (nSPS) is 11.9. The van der Waals surface area contributed by atoms with Crippen LogP contribution in [-0.2, 0) is 0 Å². The van der Waals surface area contributed by atoms with Crippen molar-refractivity contribution in [2.24, 2.45) is 0 Å². The highest BCUT2D eigenvalue weighted by Crippen LogP contribution is 2.51. The summed E-state index contributed by atoms with van der Waals surface area (Å²) in [4.78, 5) is 0. The third-order valence-electron chi connectivity index (χ3n) is 12.3. The Morgan fingerprint density at radius 1 is 0.333 bits per heavy atom. The van der Waals surface area contributed by atoms with E-state index in [4.69, 9.17) is 4.42 Å². The number of para-hydroxylation sites is 1. The Morgan fingerprint density at radius 2 is 0.804 bits per heavy atom. The second-order valence-electron chi connectivity index (χ2n) is 14.7. The predicted molar refractivity (Wildman–Crippen MR) is 220 cm³/mol. The number of benzene rings is 8. The van der Waals surface area contributed by atoms with Gasteiger partial charge in [0.15, 0.2) is 0 Å². The Bertz CT molecular complexity index is 2830. The summed E-state index contributed by atoms with van der Waals surface area (Å²) in [5.74, 6) is 0. The summed E-state index contributed by atoms with van der Waals surface area (Å²) in [6.45, 7) is 18.6. The van der Waals surface area contributed by atoms with Crippen molar-refractivity contribution in [3.63, 3.8) is 0 Å². The van der Waals surface area contributed by atoms with Crippen molar-refractivity contribution >= 4 is 54.3 Å². The van der Waals surface area contributed by atoms with Crippen LogP contribution < -0.4 is 0 Å². The molecule has 0 atom stereocenters. The molecule has 0 fully saturated rings. The first kappa shape index (κ1) is 31.3. The fourth-order valence-electron chi connectivity index (χ4n) is 8.88. The minimum Gasteiger partial charge on any atom is -0.456 e. The Labute approximate surface area is 300 Å². The van der Waals surface area contributed by atoms with Crippen LogP contribution in [0.1, 0.15) is 44.5 Å². The second-order valence-corrected chi connectivity index (χ2v) is 14.7. The highest BCUT2D eigenvalue weighted by Gasteiger charge is 2.26. The molecule has 1 aromatic heterocycles. The van der Waals surface area contributed by atoms with Crippen molar-refractivity contribution < 1.29 is 4.42 Å². The molecule has 0 N–H and O–H groups in total. The van der Waals surface area contributed by atoms with Gasteiger partial charge in [-0.15, -0.1) is 0 Å². The summed E-state index contributed by atoms with van der Waals surface area (Å²) in [7, 11) is 0. The van der Waals surface area contributed by atoms with Gasteiger partial charge in [0.2, 0.25) is 0 Å². The molecule has 0 aliphatic carbocycles. The maximum absolute atomic E-state index is 6.27. The monoisotopic (exact) mass is 658 g/mol. The van der Waals surface area contributed by atoms with Crippen LogP contribution in [0, 0.1) is 55.4 Å². The SMILES string of the molecule is Cc1c(C)c(C)c2c(-c3ccc4ccccc4c3)c3c(C)c(C)c(C)c(C)c3c(-c3ccc(-c4cccc5oc6ccccc6c45)cc3)c2c1C. The lowest BCUT2D eigenvalue weighted by Crippen LogP contribution is -2.03. The first-order chi connectivity index (χ1) is 24.7. The van der Waals surface area contributed by atoms with Gasteiger partial charge in [-0.25, -0.2) is 0 Å². The number of hydrogen-bond donors (Lipinski definition) is 0. The molecule has 0 unspecified atom stereocenters. The van der Waals surface area contributed by atoms with E-state index in [1.165, 1.54) is 116 Å². The van der Waals surface area contributed by atoms with Crippen molar-refractivity contribution in [1.29, 1.82) is 0 Å². The van der Waals surface area contributed by atoms with Gasteiger partial charge in [-0.2, -0.15) is 0 Å². The first-order valence-corrected chi connectivity index (χ1v) is 18.1. The Balaban J connectivity index is 1.41. The molecule has 1 heteroatoms. The first-order valence-electron chi connectivity index (χ1n) is 18.1. The molecule has 0 amide bonds. The fraction of sp³-hybridized carbons (Fsp3) is 0.160. The van der Waals surface area contributed by atoms with Gasteiger partial charge in [-0.3, -0.25) is 0 Å². The molecule has 8 aromatic carbocycles. The lowest BCUT2D eigenvalue weighted by atomic mass is 9.76. The molecule has 1 nitrogen and oxygen atoms in total. The molecular weight excluding hydrogens is 617 g/mol. The van der Waals surface area contributed by atoms with E-state index in [-0.39, 0.29) is 0 Å². The zero-order valence-electron chi connectivity index (χ0n) is 30.8. The Kier molecular flexibility index (Phi) is 7.03. The zero-order valence-corrected chi connectivity index (χ0v) is 30.8. The number of hydrogen-bond acceptors (Lipinski definition) is 1. The van der Waals surface area contributed by atoms with Gasteiger partial charge in [-0.05, 0) is 184 Å². The lowest BCUT2D eigenvalue weighted by Gasteiger charge is -2.27. The van der Waals surface area contributed by atoms with E-state index >= 15 is 0 Å². The molecule has 1 heterocycles. The van der Waals surface area contributed by atoms with Crippen LogP contribution in [0.25, 0.3) is 87.6 Å². The molecule has 0 saturated carbocycles. The van der Waals surface area contributed by atoms with E-state index in [0.29, 0.717) is 0 Å².